The van der Waals surface area contributed by atoms with Crippen LogP contribution in [0.15, 0.2) is 36.4 Å². The summed E-state index contributed by atoms with van der Waals surface area (Å²) in [6.45, 7) is 0. The molecule has 5 nitrogen and oxygen atoms in total. The molecule has 98 valence electrons. The van der Waals surface area contributed by atoms with E-state index in [0.717, 1.165) is 10.8 Å². The first kappa shape index (κ1) is 12.9. The summed E-state index contributed by atoms with van der Waals surface area (Å²) in [5, 5.41) is 1.69. The minimum atomic E-state index is -0.888. The van der Waals surface area contributed by atoms with Crippen molar-refractivity contribution < 1.29 is 23.8 Å². The monoisotopic (exact) mass is 260 g/mol. The second-order valence-electron chi connectivity index (χ2n) is 3.74. The molecule has 0 bridgehead atoms. The first-order valence-corrected chi connectivity index (χ1v) is 5.52. The first-order valence-electron chi connectivity index (χ1n) is 5.52. The molecule has 0 radical (unpaired) electrons. The average molecular weight is 260 g/mol. The molecule has 0 fully saturated rings. The van der Waals surface area contributed by atoms with Gasteiger partial charge in [-0.2, -0.15) is 0 Å². The van der Waals surface area contributed by atoms with Crippen molar-refractivity contribution in [2.75, 3.05) is 14.2 Å². The zero-order valence-electron chi connectivity index (χ0n) is 10.5. The van der Waals surface area contributed by atoms with E-state index in [4.69, 9.17) is 4.74 Å². The molecule has 19 heavy (non-hydrogen) atoms. The molecule has 0 atom stereocenters. The summed E-state index contributed by atoms with van der Waals surface area (Å²) in [6, 6.07) is 10.6. The predicted molar refractivity (Wildman–Crippen MR) is 68.3 cm³/mol. The van der Waals surface area contributed by atoms with Crippen LogP contribution in [0.4, 0.5) is 4.79 Å². The molecular weight excluding hydrogens is 248 g/mol. The fraction of sp³-hybridized carbons (Fsp3) is 0.143. The molecule has 2 aromatic rings. The minimum absolute atomic E-state index is 0.109. The van der Waals surface area contributed by atoms with Gasteiger partial charge in [0.1, 0.15) is 11.3 Å². The lowest BCUT2D eigenvalue weighted by molar-refractivity contribution is 0.0596. The second kappa shape index (κ2) is 5.39. The van der Waals surface area contributed by atoms with Crippen LogP contribution < -0.4 is 4.74 Å². The smallest absolute Gasteiger partial charge is 0.465 e. The van der Waals surface area contributed by atoms with Gasteiger partial charge in [-0.1, -0.05) is 24.3 Å². The number of hydrogen-bond donors (Lipinski definition) is 0. The standard InChI is InChI=1S/C14H12O5/c1-17-13(15)11-7-9-5-3-4-6-10(9)8-12(11)19-14(16)18-2/h3-8H,1-2H3. The second-order valence-corrected chi connectivity index (χ2v) is 3.74. The maximum absolute atomic E-state index is 11.7. The third kappa shape index (κ3) is 2.65. The summed E-state index contributed by atoms with van der Waals surface area (Å²) in [5.74, 6) is -0.470. The topological polar surface area (TPSA) is 61.8 Å². The highest BCUT2D eigenvalue weighted by molar-refractivity contribution is 5.99. The molecule has 0 aliphatic rings. The lowest BCUT2D eigenvalue weighted by Crippen LogP contribution is -2.11. The lowest BCUT2D eigenvalue weighted by atomic mass is 10.1. The van der Waals surface area contributed by atoms with Crippen LogP contribution in [0.25, 0.3) is 10.8 Å². The summed E-state index contributed by atoms with van der Waals surface area (Å²) < 4.78 is 14.1. The Morgan fingerprint density at radius 2 is 1.58 bits per heavy atom. The molecule has 0 aliphatic carbocycles. The van der Waals surface area contributed by atoms with Gasteiger partial charge in [0.15, 0.2) is 0 Å². The van der Waals surface area contributed by atoms with Crippen LogP contribution in [0.3, 0.4) is 0 Å². The molecular formula is C14H12O5. The van der Waals surface area contributed by atoms with Gasteiger partial charge < -0.3 is 14.2 Å². The largest absolute Gasteiger partial charge is 0.513 e. The van der Waals surface area contributed by atoms with Crippen molar-refractivity contribution >= 4 is 22.9 Å². The van der Waals surface area contributed by atoms with Gasteiger partial charge in [0.05, 0.1) is 14.2 Å². The Bertz CT molecular complexity index is 633. The number of methoxy groups -OCH3 is 2. The summed E-state index contributed by atoms with van der Waals surface area (Å²) in [5.41, 5.74) is 0.173. The number of carbonyl (C=O) groups is 2. The Kier molecular flexibility index (Phi) is 3.66. The molecule has 0 saturated carbocycles. The molecule has 0 aliphatic heterocycles. The molecule has 5 heteroatoms. The van der Waals surface area contributed by atoms with Crippen LogP contribution in [0, 0.1) is 0 Å². The number of esters is 1. The van der Waals surface area contributed by atoms with Gasteiger partial charge in [0, 0.05) is 0 Å². The predicted octanol–water partition coefficient (Wildman–Crippen LogP) is 2.77. The highest BCUT2D eigenvalue weighted by Crippen LogP contribution is 2.27. The number of rotatable bonds is 2. The van der Waals surface area contributed by atoms with Crippen molar-refractivity contribution in [3.05, 3.63) is 42.0 Å². The Labute approximate surface area is 109 Å². The zero-order chi connectivity index (χ0) is 13.8. The van der Waals surface area contributed by atoms with E-state index < -0.39 is 12.1 Å². The lowest BCUT2D eigenvalue weighted by Gasteiger charge is -2.09. The van der Waals surface area contributed by atoms with Crippen LogP contribution in [-0.2, 0) is 9.47 Å². The van der Waals surface area contributed by atoms with Gasteiger partial charge in [0.25, 0.3) is 0 Å². The van der Waals surface area contributed by atoms with E-state index in [2.05, 4.69) is 9.47 Å². The van der Waals surface area contributed by atoms with E-state index in [1.165, 1.54) is 14.2 Å². The number of carbonyl (C=O) groups excluding carboxylic acids is 2. The Morgan fingerprint density at radius 3 is 2.16 bits per heavy atom. The molecule has 0 aromatic heterocycles. The molecule has 0 unspecified atom stereocenters. The normalized spacial score (nSPS) is 10.0. The first-order chi connectivity index (χ1) is 9.15. The van der Waals surface area contributed by atoms with Crippen molar-refractivity contribution in [3.63, 3.8) is 0 Å². The van der Waals surface area contributed by atoms with E-state index in [9.17, 15) is 9.59 Å². The Morgan fingerprint density at radius 1 is 0.947 bits per heavy atom. The van der Waals surface area contributed by atoms with Crippen molar-refractivity contribution in [1.29, 1.82) is 0 Å². The number of benzene rings is 2. The summed E-state index contributed by atoms with van der Waals surface area (Å²) in [4.78, 5) is 22.9. The number of ether oxygens (including phenoxy) is 3. The van der Waals surface area contributed by atoms with Gasteiger partial charge in [-0.05, 0) is 22.9 Å². The quantitative estimate of drug-likeness (QED) is 0.613. The molecule has 0 saturated heterocycles. The number of fused-ring (bicyclic) bond motifs is 1. The van der Waals surface area contributed by atoms with Gasteiger partial charge in [-0.3, -0.25) is 0 Å². The van der Waals surface area contributed by atoms with Crippen molar-refractivity contribution in [2.45, 2.75) is 0 Å². The van der Waals surface area contributed by atoms with Crippen molar-refractivity contribution in [3.8, 4) is 5.75 Å². The van der Waals surface area contributed by atoms with Crippen molar-refractivity contribution in [1.82, 2.24) is 0 Å². The number of hydrogen-bond acceptors (Lipinski definition) is 5. The van der Waals surface area contributed by atoms with Gasteiger partial charge >= 0.3 is 12.1 Å². The molecule has 0 heterocycles. The molecule has 2 aromatic carbocycles. The van der Waals surface area contributed by atoms with Crippen LogP contribution in [0.2, 0.25) is 0 Å². The fourth-order valence-electron chi connectivity index (χ4n) is 1.70. The maximum atomic E-state index is 11.7. The van der Waals surface area contributed by atoms with Crippen molar-refractivity contribution in [2.24, 2.45) is 0 Å². The van der Waals surface area contributed by atoms with Gasteiger partial charge in [0.2, 0.25) is 0 Å². The zero-order valence-corrected chi connectivity index (χ0v) is 10.5. The fourth-order valence-corrected chi connectivity index (χ4v) is 1.70. The third-order valence-corrected chi connectivity index (χ3v) is 2.61. The summed E-state index contributed by atoms with van der Waals surface area (Å²) in [7, 11) is 2.46. The van der Waals surface area contributed by atoms with E-state index in [1.54, 1.807) is 12.1 Å². The van der Waals surface area contributed by atoms with E-state index in [1.807, 2.05) is 24.3 Å². The van der Waals surface area contributed by atoms with Crippen LogP contribution in [-0.4, -0.2) is 26.3 Å². The molecule has 0 N–H and O–H groups in total. The van der Waals surface area contributed by atoms with E-state index >= 15 is 0 Å². The highest BCUT2D eigenvalue weighted by atomic mass is 16.7. The van der Waals surface area contributed by atoms with E-state index in [-0.39, 0.29) is 11.3 Å². The summed E-state index contributed by atoms with van der Waals surface area (Å²) >= 11 is 0. The average Bonchev–Trinajstić information content (AvgIpc) is 2.45. The van der Waals surface area contributed by atoms with Crippen LogP contribution in [0.1, 0.15) is 10.4 Å². The minimum Gasteiger partial charge on any atom is -0.465 e. The molecule has 0 spiro atoms. The van der Waals surface area contributed by atoms with Gasteiger partial charge in [-0.15, -0.1) is 0 Å². The maximum Gasteiger partial charge on any atom is 0.513 e. The molecule has 2 rings (SSSR count). The molecule has 0 amide bonds. The Balaban J connectivity index is 2.57. The van der Waals surface area contributed by atoms with Crippen LogP contribution in [0.5, 0.6) is 5.75 Å². The summed E-state index contributed by atoms with van der Waals surface area (Å²) in [6.07, 6.45) is -0.888. The highest BCUT2D eigenvalue weighted by Gasteiger charge is 2.17. The van der Waals surface area contributed by atoms with Crippen LogP contribution >= 0.6 is 0 Å². The Hall–Kier alpha value is -2.56. The SMILES string of the molecule is COC(=O)Oc1cc2ccccc2cc1C(=O)OC. The van der Waals surface area contributed by atoms with E-state index in [0.29, 0.717) is 0 Å². The van der Waals surface area contributed by atoms with Gasteiger partial charge in [-0.25, -0.2) is 9.59 Å². The third-order valence-electron chi connectivity index (χ3n) is 2.61.